The molecule has 1 aliphatic heterocycles. The van der Waals surface area contributed by atoms with Crippen LogP contribution in [0.3, 0.4) is 0 Å². The van der Waals surface area contributed by atoms with E-state index in [-0.39, 0.29) is 35.1 Å². The molecule has 1 saturated heterocycles. The fraction of sp³-hybridized carbons (Fsp3) is 0.600. The van der Waals surface area contributed by atoms with Gasteiger partial charge in [-0.3, -0.25) is 4.79 Å². The molecule has 0 aromatic heterocycles. The number of hydrogen-bond donors (Lipinski definition) is 0. The van der Waals surface area contributed by atoms with Gasteiger partial charge in [-0.25, -0.2) is 13.2 Å². The van der Waals surface area contributed by atoms with E-state index in [4.69, 9.17) is 14.2 Å². The van der Waals surface area contributed by atoms with Crippen molar-refractivity contribution >= 4 is 21.7 Å². The molecule has 3 rings (SSSR count). The zero-order chi connectivity index (χ0) is 21.0. The summed E-state index contributed by atoms with van der Waals surface area (Å²) in [6.07, 6.45) is 4.17. The standard InChI is InChI=1S/C20H27NO7S/c1-26-17-8-7-14(11-18(17)27-2)20(23)28-12-19(22)21(15-5-3-4-6-15)16-9-10-29(24,25)13-16/h7-8,11,15-16H,3-6,9-10,12-13H2,1-2H3/t16-/m1/s1. The molecule has 160 valence electrons. The largest absolute Gasteiger partial charge is 0.493 e. The third-order valence-corrected chi connectivity index (χ3v) is 7.30. The number of esters is 1. The van der Waals surface area contributed by atoms with Crippen molar-refractivity contribution in [3.05, 3.63) is 23.8 Å². The van der Waals surface area contributed by atoms with Crippen molar-refractivity contribution in [2.75, 3.05) is 32.3 Å². The highest BCUT2D eigenvalue weighted by atomic mass is 32.2. The van der Waals surface area contributed by atoms with Gasteiger partial charge in [-0.15, -0.1) is 0 Å². The molecule has 29 heavy (non-hydrogen) atoms. The van der Waals surface area contributed by atoms with Crippen LogP contribution in [0, 0.1) is 0 Å². The molecule has 1 aromatic rings. The molecule has 8 nitrogen and oxygen atoms in total. The molecule has 1 amide bonds. The molecule has 0 spiro atoms. The summed E-state index contributed by atoms with van der Waals surface area (Å²) in [5.74, 6) is -0.0390. The Morgan fingerprint density at radius 1 is 1.03 bits per heavy atom. The smallest absolute Gasteiger partial charge is 0.338 e. The van der Waals surface area contributed by atoms with Crippen molar-refractivity contribution in [1.82, 2.24) is 4.90 Å². The van der Waals surface area contributed by atoms with Gasteiger partial charge in [-0.2, -0.15) is 0 Å². The number of sulfone groups is 1. The van der Waals surface area contributed by atoms with E-state index in [1.807, 2.05) is 0 Å². The lowest BCUT2D eigenvalue weighted by Gasteiger charge is -2.33. The van der Waals surface area contributed by atoms with Crippen LogP contribution in [-0.2, 0) is 19.4 Å². The molecule has 1 aliphatic carbocycles. The fourth-order valence-electron chi connectivity index (χ4n) is 4.13. The van der Waals surface area contributed by atoms with Crippen molar-refractivity contribution in [3.63, 3.8) is 0 Å². The Kier molecular flexibility index (Phi) is 6.66. The van der Waals surface area contributed by atoms with Gasteiger partial charge in [0.25, 0.3) is 5.91 Å². The Labute approximate surface area is 171 Å². The van der Waals surface area contributed by atoms with Crippen LogP contribution in [0.4, 0.5) is 0 Å². The van der Waals surface area contributed by atoms with Gasteiger partial charge in [0.2, 0.25) is 0 Å². The van der Waals surface area contributed by atoms with Crippen molar-refractivity contribution < 1.29 is 32.2 Å². The number of ether oxygens (including phenoxy) is 3. The monoisotopic (exact) mass is 425 g/mol. The summed E-state index contributed by atoms with van der Waals surface area (Å²) in [5.41, 5.74) is 0.242. The predicted molar refractivity (Wildman–Crippen MR) is 106 cm³/mol. The maximum absolute atomic E-state index is 12.9. The highest BCUT2D eigenvalue weighted by molar-refractivity contribution is 7.91. The first-order valence-electron chi connectivity index (χ1n) is 9.75. The number of carbonyl (C=O) groups is 2. The lowest BCUT2D eigenvalue weighted by molar-refractivity contribution is -0.139. The first kappa shape index (κ1) is 21.4. The lowest BCUT2D eigenvalue weighted by Crippen LogP contribution is -2.48. The predicted octanol–water partition coefficient (Wildman–Crippen LogP) is 1.82. The van der Waals surface area contributed by atoms with Gasteiger partial charge in [-0.1, -0.05) is 12.8 Å². The molecule has 0 bridgehead atoms. The van der Waals surface area contributed by atoms with E-state index >= 15 is 0 Å². The Hall–Kier alpha value is -2.29. The maximum Gasteiger partial charge on any atom is 0.338 e. The number of rotatable bonds is 7. The molecule has 2 fully saturated rings. The Morgan fingerprint density at radius 2 is 1.72 bits per heavy atom. The van der Waals surface area contributed by atoms with E-state index in [0.29, 0.717) is 17.9 Å². The van der Waals surface area contributed by atoms with E-state index in [1.54, 1.807) is 11.0 Å². The summed E-state index contributed by atoms with van der Waals surface area (Å²) in [6, 6.07) is 4.29. The normalized spacial score (nSPS) is 21.0. The van der Waals surface area contributed by atoms with Crippen molar-refractivity contribution in [1.29, 1.82) is 0 Å². The maximum atomic E-state index is 12.9. The number of hydrogen-bond acceptors (Lipinski definition) is 7. The molecular weight excluding hydrogens is 398 g/mol. The third-order valence-electron chi connectivity index (χ3n) is 5.55. The van der Waals surface area contributed by atoms with Crippen molar-refractivity contribution in [2.45, 2.75) is 44.2 Å². The average molecular weight is 426 g/mol. The summed E-state index contributed by atoms with van der Waals surface area (Å²) in [7, 11) is -0.160. The third kappa shape index (κ3) is 5.01. The Balaban J connectivity index is 1.67. The minimum absolute atomic E-state index is 0.0144. The average Bonchev–Trinajstić information content (AvgIpc) is 3.35. The SMILES string of the molecule is COc1ccc(C(=O)OCC(=O)N(C2CCCC2)[C@@H]2CCS(=O)(=O)C2)cc1OC. The highest BCUT2D eigenvalue weighted by Gasteiger charge is 2.39. The quantitative estimate of drug-likeness (QED) is 0.615. The first-order chi connectivity index (χ1) is 13.8. The number of amides is 1. The van der Waals surface area contributed by atoms with Crippen LogP contribution in [0.25, 0.3) is 0 Å². The molecule has 0 N–H and O–H groups in total. The zero-order valence-electron chi connectivity index (χ0n) is 16.8. The molecule has 1 atom stereocenters. The zero-order valence-corrected chi connectivity index (χ0v) is 17.6. The number of nitrogens with zero attached hydrogens (tertiary/aromatic N) is 1. The van der Waals surface area contributed by atoms with Gasteiger partial charge in [0.15, 0.2) is 27.9 Å². The summed E-state index contributed by atoms with van der Waals surface area (Å²) < 4.78 is 39.4. The molecule has 9 heteroatoms. The molecular formula is C20H27NO7S. The number of methoxy groups -OCH3 is 2. The van der Waals surface area contributed by atoms with Crippen LogP contribution in [0.1, 0.15) is 42.5 Å². The van der Waals surface area contributed by atoms with Crippen LogP contribution in [0.15, 0.2) is 18.2 Å². The van der Waals surface area contributed by atoms with Crippen molar-refractivity contribution in [3.8, 4) is 11.5 Å². The van der Waals surface area contributed by atoms with Crippen LogP contribution < -0.4 is 9.47 Å². The van der Waals surface area contributed by atoms with Gasteiger partial charge in [-0.05, 0) is 37.5 Å². The lowest BCUT2D eigenvalue weighted by atomic mass is 10.1. The summed E-state index contributed by atoms with van der Waals surface area (Å²) in [4.78, 5) is 27.0. The molecule has 1 aromatic carbocycles. The molecule has 1 heterocycles. The molecule has 2 aliphatic rings. The second-order valence-electron chi connectivity index (χ2n) is 7.44. The van der Waals surface area contributed by atoms with Gasteiger partial charge in [0, 0.05) is 12.1 Å². The van der Waals surface area contributed by atoms with Gasteiger partial charge < -0.3 is 19.1 Å². The van der Waals surface area contributed by atoms with Crippen molar-refractivity contribution in [2.24, 2.45) is 0 Å². The molecule has 0 unspecified atom stereocenters. The molecule has 0 radical (unpaired) electrons. The minimum Gasteiger partial charge on any atom is -0.493 e. The van der Waals surface area contributed by atoms with Gasteiger partial charge in [0.1, 0.15) is 0 Å². The van der Waals surface area contributed by atoms with Crippen LogP contribution >= 0.6 is 0 Å². The minimum atomic E-state index is -3.12. The van der Waals surface area contributed by atoms with E-state index in [2.05, 4.69) is 0 Å². The number of carbonyl (C=O) groups excluding carboxylic acids is 2. The van der Waals surface area contributed by atoms with Crippen LogP contribution in [0.2, 0.25) is 0 Å². The van der Waals surface area contributed by atoms with E-state index in [1.165, 1.54) is 26.4 Å². The van der Waals surface area contributed by atoms with Gasteiger partial charge in [0.05, 0.1) is 31.3 Å². The summed E-state index contributed by atoms with van der Waals surface area (Å²) in [6.45, 7) is -0.416. The Morgan fingerprint density at radius 3 is 2.31 bits per heavy atom. The second-order valence-corrected chi connectivity index (χ2v) is 9.67. The fourth-order valence-corrected chi connectivity index (χ4v) is 5.84. The van der Waals surface area contributed by atoms with Crippen LogP contribution in [0.5, 0.6) is 11.5 Å². The van der Waals surface area contributed by atoms with Gasteiger partial charge >= 0.3 is 5.97 Å². The second kappa shape index (κ2) is 9.02. The van der Waals surface area contributed by atoms with Crippen LogP contribution in [-0.4, -0.2) is 69.6 Å². The first-order valence-corrected chi connectivity index (χ1v) is 11.6. The number of benzene rings is 1. The summed E-state index contributed by atoms with van der Waals surface area (Å²) >= 11 is 0. The summed E-state index contributed by atoms with van der Waals surface area (Å²) in [5, 5.41) is 0. The highest BCUT2D eigenvalue weighted by Crippen LogP contribution is 2.30. The Bertz CT molecular complexity index is 862. The van der Waals surface area contributed by atoms with E-state index < -0.39 is 22.4 Å². The van der Waals surface area contributed by atoms with E-state index in [0.717, 1.165) is 25.7 Å². The topological polar surface area (TPSA) is 99.2 Å². The molecule has 1 saturated carbocycles. The van der Waals surface area contributed by atoms with E-state index in [9.17, 15) is 18.0 Å².